The van der Waals surface area contributed by atoms with Crippen LogP contribution in [0, 0.1) is 0 Å². The first-order chi connectivity index (χ1) is 10.3. The van der Waals surface area contributed by atoms with Gasteiger partial charge in [0, 0.05) is 11.1 Å². The van der Waals surface area contributed by atoms with Crippen molar-refractivity contribution in [1.29, 1.82) is 0 Å². The van der Waals surface area contributed by atoms with E-state index in [0.717, 1.165) is 16.2 Å². The van der Waals surface area contributed by atoms with Crippen molar-refractivity contribution >= 4 is 27.2 Å². The van der Waals surface area contributed by atoms with Gasteiger partial charge in [0.1, 0.15) is 0 Å². The largest absolute Gasteiger partial charge is 0.248 e. The van der Waals surface area contributed by atoms with Crippen molar-refractivity contribution in [3.63, 3.8) is 0 Å². The molecule has 0 spiro atoms. The first-order valence-electron chi connectivity index (χ1n) is 7.01. The van der Waals surface area contributed by atoms with Gasteiger partial charge in [-0.3, -0.25) is 0 Å². The molecule has 1 aliphatic heterocycles. The molecule has 3 aromatic rings. The Hall–Kier alpha value is -2.45. The fraction of sp³-hybridized carbons (Fsp3) is 0. The maximum Gasteiger partial charge on any atom is 0.0722 e. The van der Waals surface area contributed by atoms with Gasteiger partial charge in [0.2, 0.25) is 0 Å². The molecular formula is C19H10NSi. The fourth-order valence-electron chi connectivity index (χ4n) is 3.41. The summed E-state index contributed by atoms with van der Waals surface area (Å²) in [4.78, 5) is 4.78. The molecule has 21 heavy (non-hydrogen) atoms. The molecule has 0 saturated carbocycles. The highest BCUT2D eigenvalue weighted by Gasteiger charge is 2.23. The molecule has 0 aromatic heterocycles. The smallest absolute Gasteiger partial charge is 0.0722 e. The van der Waals surface area contributed by atoms with Crippen LogP contribution in [0.2, 0.25) is 0 Å². The molecule has 0 fully saturated rings. The third-order valence-electron chi connectivity index (χ3n) is 4.29. The molecule has 3 radical (unpaired) electrons. The van der Waals surface area contributed by atoms with Gasteiger partial charge in [0.15, 0.2) is 0 Å². The van der Waals surface area contributed by atoms with Gasteiger partial charge in [-0.05, 0) is 40.1 Å². The number of rotatable bonds is 0. The molecule has 0 amide bonds. The third-order valence-corrected chi connectivity index (χ3v) is 4.71. The van der Waals surface area contributed by atoms with Crippen LogP contribution >= 0.6 is 0 Å². The Kier molecular flexibility index (Phi) is 2.03. The molecule has 2 heteroatoms. The summed E-state index contributed by atoms with van der Waals surface area (Å²) >= 11 is 0. The molecule has 0 unspecified atom stereocenters. The van der Waals surface area contributed by atoms with E-state index >= 15 is 0 Å². The maximum absolute atomic E-state index is 4.78. The van der Waals surface area contributed by atoms with Crippen LogP contribution in [0.1, 0.15) is 5.56 Å². The zero-order valence-electron chi connectivity index (χ0n) is 11.2. The van der Waals surface area contributed by atoms with Gasteiger partial charge in [0.25, 0.3) is 0 Å². The summed E-state index contributed by atoms with van der Waals surface area (Å²) in [5.41, 5.74) is 7.44. The Morgan fingerprint density at radius 1 is 0.762 bits per heavy atom. The molecule has 0 N–H and O–H groups in total. The summed E-state index contributed by atoms with van der Waals surface area (Å²) in [5, 5.41) is 3.46. The molecule has 2 aliphatic rings. The predicted octanol–water partition coefficient (Wildman–Crippen LogP) is 2.22. The van der Waals surface area contributed by atoms with Crippen LogP contribution in [0.15, 0.2) is 59.6 Å². The van der Waals surface area contributed by atoms with Crippen molar-refractivity contribution in [3.05, 3.63) is 70.7 Å². The van der Waals surface area contributed by atoms with E-state index in [0.29, 0.717) is 0 Å². The summed E-state index contributed by atoms with van der Waals surface area (Å²) in [6.45, 7) is 0. The van der Waals surface area contributed by atoms with Gasteiger partial charge in [0.05, 0.1) is 21.3 Å². The highest BCUT2D eigenvalue weighted by atomic mass is 28.1. The molecule has 3 aromatic carbocycles. The lowest BCUT2D eigenvalue weighted by atomic mass is 9.94. The van der Waals surface area contributed by atoms with Crippen molar-refractivity contribution in [3.8, 4) is 22.3 Å². The first-order valence-corrected chi connectivity index (χ1v) is 7.51. The lowest BCUT2D eigenvalue weighted by Crippen LogP contribution is -2.15. The van der Waals surface area contributed by atoms with Gasteiger partial charge in [-0.2, -0.15) is 0 Å². The molecule has 5 rings (SSSR count). The standard InChI is InChI=1S/C19H10NSi/c21-16-7-3-6-14-18(16)19-15(20-14)9-8-12-10-11-4-1-2-5-13(11)17(12)19/h1-10H. The van der Waals surface area contributed by atoms with Crippen molar-refractivity contribution < 1.29 is 0 Å². The van der Waals surface area contributed by atoms with Gasteiger partial charge < -0.3 is 0 Å². The lowest BCUT2D eigenvalue weighted by molar-refractivity contribution is 1.41. The fourth-order valence-corrected chi connectivity index (χ4v) is 3.76. The van der Waals surface area contributed by atoms with Crippen molar-refractivity contribution in [2.24, 2.45) is 4.99 Å². The number of hydrogen-bond acceptors (Lipinski definition) is 1. The molecule has 0 atom stereocenters. The predicted molar refractivity (Wildman–Crippen MR) is 86.7 cm³/mol. The number of fused-ring (bicyclic) bond motifs is 7. The Bertz CT molecular complexity index is 1050. The van der Waals surface area contributed by atoms with Crippen LogP contribution in [0.3, 0.4) is 0 Å². The van der Waals surface area contributed by atoms with Crippen LogP contribution < -0.4 is 15.8 Å². The zero-order valence-corrected chi connectivity index (χ0v) is 12.2. The van der Waals surface area contributed by atoms with Crippen LogP contribution in [-0.2, 0) is 0 Å². The van der Waals surface area contributed by atoms with Crippen molar-refractivity contribution in [1.82, 2.24) is 0 Å². The molecule has 1 heterocycles. The highest BCUT2D eigenvalue weighted by Crippen LogP contribution is 2.38. The average molecular weight is 280 g/mol. The van der Waals surface area contributed by atoms with Crippen LogP contribution in [-0.4, -0.2) is 10.2 Å². The minimum absolute atomic E-state index is 1.05. The average Bonchev–Trinajstić information content (AvgIpc) is 3.04. The van der Waals surface area contributed by atoms with Crippen LogP contribution in [0.5, 0.6) is 0 Å². The second-order valence-electron chi connectivity index (χ2n) is 5.47. The summed E-state index contributed by atoms with van der Waals surface area (Å²) < 4.78 is 0. The molecule has 0 saturated heterocycles. The third kappa shape index (κ3) is 1.37. The number of benzene rings is 3. The number of nitrogens with zero attached hydrogens (tertiary/aromatic N) is 1. The molecule has 1 aliphatic carbocycles. The second-order valence-corrected chi connectivity index (χ2v) is 6.01. The zero-order chi connectivity index (χ0) is 14.0. The van der Waals surface area contributed by atoms with Gasteiger partial charge in [-0.25, -0.2) is 4.99 Å². The van der Waals surface area contributed by atoms with Gasteiger partial charge in [-0.15, -0.1) is 0 Å². The van der Waals surface area contributed by atoms with E-state index in [2.05, 4.69) is 64.8 Å². The lowest BCUT2D eigenvalue weighted by Gasteiger charge is -2.09. The topological polar surface area (TPSA) is 12.4 Å². The van der Waals surface area contributed by atoms with E-state index < -0.39 is 0 Å². The van der Waals surface area contributed by atoms with E-state index in [9.17, 15) is 0 Å². The van der Waals surface area contributed by atoms with E-state index in [1.807, 2.05) is 6.07 Å². The molecule has 0 bridgehead atoms. The highest BCUT2D eigenvalue weighted by molar-refractivity contribution is 6.37. The normalized spacial score (nSPS) is 12.8. The number of hydrogen-bond donors (Lipinski definition) is 0. The molecule has 95 valence electrons. The van der Waals surface area contributed by atoms with Crippen molar-refractivity contribution in [2.75, 3.05) is 0 Å². The Labute approximate surface area is 125 Å². The quantitative estimate of drug-likeness (QED) is 0.386. The van der Waals surface area contributed by atoms with Gasteiger partial charge in [-0.1, -0.05) is 47.7 Å². The summed E-state index contributed by atoms with van der Waals surface area (Å²) in [6.07, 6.45) is 2.26. The van der Waals surface area contributed by atoms with Crippen LogP contribution in [0.4, 0.5) is 5.69 Å². The monoisotopic (exact) mass is 280 g/mol. The Morgan fingerprint density at radius 3 is 2.62 bits per heavy atom. The summed E-state index contributed by atoms with van der Waals surface area (Å²) in [7, 11) is 3.75. The molecular weight excluding hydrogens is 270 g/mol. The van der Waals surface area contributed by atoms with E-state index in [1.54, 1.807) is 0 Å². The summed E-state index contributed by atoms with van der Waals surface area (Å²) in [5.74, 6) is 0. The van der Waals surface area contributed by atoms with Gasteiger partial charge >= 0.3 is 0 Å². The Morgan fingerprint density at radius 2 is 1.67 bits per heavy atom. The first kappa shape index (κ1) is 11.2. The van der Waals surface area contributed by atoms with Crippen LogP contribution in [0.25, 0.3) is 28.3 Å². The summed E-state index contributed by atoms with van der Waals surface area (Å²) in [6, 6.07) is 19.1. The minimum Gasteiger partial charge on any atom is -0.248 e. The van der Waals surface area contributed by atoms with E-state index in [4.69, 9.17) is 4.99 Å². The SMILES string of the molecule is [Si]c1cccc2c1-c1c3c(ccc1=N2)=Cc1ccccc1-3. The molecule has 1 nitrogen and oxygen atoms in total. The second kappa shape index (κ2) is 3.80. The maximum atomic E-state index is 4.78. The van der Waals surface area contributed by atoms with E-state index in [-0.39, 0.29) is 0 Å². The minimum atomic E-state index is 1.05. The van der Waals surface area contributed by atoms with Crippen molar-refractivity contribution in [2.45, 2.75) is 0 Å². The van der Waals surface area contributed by atoms with E-state index in [1.165, 1.54) is 33.0 Å². The Balaban J connectivity index is 1.98.